The Balaban J connectivity index is 1.94. The van der Waals surface area contributed by atoms with Crippen LogP contribution in [-0.4, -0.2) is 11.5 Å². The number of hydrogen-bond donors (Lipinski definition) is 1. The lowest BCUT2D eigenvalue weighted by molar-refractivity contribution is 0.342. The van der Waals surface area contributed by atoms with Crippen LogP contribution in [0.1, 0.15) is 52.0 Å². The number of unbranched alkanes of at least 4 members (excludes halogenated alkanes) is 2. The molecule has 2 aromatic rings. The van der Waals surface area contributed by atoms with Gasteiger partial charge in [-0.2, -0.15) is 0 Å². The molecule has 0 saturated carbocycles. The molecule has 0 aliphatic heterocycles. The largest absolute Gasteiger partial charge is 0.361 e. The van der Waals surface area contributed by atoms with E-state index < -0.39 is 0 Å². The zero-order valence-corrected chi connectivity index (χ0v) is 13.9. The maximum absolute atomic E-state index is 4.68. The lowest BCUT2D eigenvalue weighted by atomic mass is 9.87. The molecular formula is C17H26N2S. The van der Waals surface area contributed by atoms with Gasteiger partial charge in [0.1, 0.15) is 0 Å². The van der Waals surface area contributed by atoms with Gasteiger partial charge in [0, 0.05) is 6.54 Å². The number of anilines is 1. The zero-order chi connectivity index (χ0) is 14.6. The van der Waals surface area contributed by atoms with Crippen molar-refractivity contribution in [3.8, 4) is 0 Å². The number of aromatic nitrogens is 1. The molecule has 1 aromatic carbocycles. The van der Waals surface area contributed by atoms with Gasteiger partial charge in [0.25, 0.3) is 0 Å². The number of aryl methyl sites for hydroxylation is 1. The van der Waals surface area contributed by atoms with Gasteiger partial charge in [-0.1, -0.05) is 57.4 Å². The Bertz CT molecular complexity index is 557. The van der Waals surface area contributed by atoms with E-state index in [4.69, 9.17) is 0 Å². The minimum absolute atomic E-state index is 0.336. The molecule has 0 aliphatic rings. The lowest BCUT2D eigenvalue weighted by Crippen LogP contribution is -2.22. The van der Waals surface area contributed by atoms with Crippen molar-refractivity contribution in [1.29, 1.82) is 0 Å². The molecule has 1 aromatic heterocycles. The van der Waals surface area contributed by atoms with Crippen LogP contribution in [0.3, 0.4) is 0 Å². The van der Waals surface area contributed by atoms with E-state index in [1.165, 1.54) is 35.9 Å². The molecule has 1 heterocycles. The molecule has 2 nitrogen and oxygen atoms in total. The standard InChI is InChI=1S/C17H26N2S/c1-5-6-7-10-17(3,4)12-18-16-19-14-11-13(2)8-9-15(14)20-16/h8-9,11H,5-7,10,12H2,1-4H3,(H,18,19). The highest BCUT2D eigenvalue weighted by Crippen LogP contribution is 2.29. The number of benzene rings is 1. The fourth-order valence-corrected chi connectivity index (χ4v) is 3.21. The second-order valence-corrected chi connectivity index (χ2v) is 7.50. The summed E-state index contributed by atoms with van der Waals surface area (Å²) in [6, 6.07) is 6.47. The molecule has 3 heteroatoms. The highest BCUT2D eigenvalue weighted by Gasteiger charge is 2.17. The summed E-state index contributed by atoms with van der Waals surface area (Å²) in [6.45, 7) is 10.0. The highest BCUT2D eigenvalue weighted by molar-refractivity contribution is 7.22. The van der Waals surface area contributed by atoms with Gasteiger partial charge in [-0.15, -0.1) is 0 Å². The summed E-state index contributed by atoms with van der Waals surface area (Å²) in [6.07, 6.45) is 5.23. The van der Waals surface area contributed by atoms with E-state index in [1.807, 2.05) is 0 Å². The maximum atomic E-state index is 4.68. The first-order valence-corrected chi connectivity index (χ1v) is 8.43. The number of hydrogen-bond acceptors (Lipinski definition) is 3. The second kappa shape index (κ2) is 6.57. The van der Waals surface area contributed by atoms with Crippen molar-refractivity contribution in [2.75, 3.05) is 11.9 Å². The number of nitrogens with zero attached hydrogens (tertiary/aromatic N) is 1. The Labute approximate surface area is 126 Å². The molecule has 20 heavy (non-hydrogen) atoms. The van der Waals surface area contributed by atoms with Crippen LogP contribution in [-0.2, 0) is 0 Å². The van der Waals surface area contributed by atoms with Crippen LogP contribution in [0.5, 0.6) is 0 Å². The van der Waals surface area contributed by atoms with E-state index in [9.17, 15) is 0 Å². The summed E-state index contributed by atoms with van der Waals surface area (Å²) in [7, 11) is 0. The highest BCUT2D eigenvalue weighted by atomic mass is 32.1. The predicted molar refractivity (Wildman–Crippen MR) is 90.8 cm³/mol. The first-order chi connectivity index (χ1) is 9.50. The van der Waals surface area contributed by atoms with E-state index in [0.29, 0.717) is 5.41 Å². The van der Waals surface area contributed by atoms with Crippen LogP contribution >= 0.6 is 11.3 Å². The smallest absolute Gasteiger partial charge is 0.183 e. The Kier molecular flexibility index (Phi) is 5.03. The van der Waals surface area contributed by atoms with Gasteiger partial charge < -0.3 is 5.32 Å². The third-order valence-electron chi connectivity index (χ3n) is 3.72. The van der Waals surface area contributed by atoms with E-state index in [0.717, 1.165) is 17.2 Å². The Morgan fingerprint density at radius 1 is 1.25 bits per heavy atom. The molecule has 110 valence electrons. The van der Waals surface area contributed by atoms with Gasteiger partial charge >= 0.3 is 0 Å². The van der Waals surface area contributed by atoms with Crippen molar-refractivity contribution in [3.05, 3.63) is 23.8 Å². The molecule has 0 atom stereocenters. The van der Waals surface area contributed by atoms with Gasteiger partial charge in [0.15, 0.2) is 5.13 Å². The third-order valence-corrected chi connectivity index (χ3v) is 4.71. The van der Waals surface area contributed by atoms with Crippen LogP contribution in [0.15, 0.2) is 18.2 Å². The molecular weight excluding hydrogens is 264 g/mol. The molecule has 2 rings (SSSR count). The third kappa shape index (κ3) is 4.20. The second-order valence-electron chi connectivity index (χ2n) is 6.47. The van der Waals surface area contributed by atoms with Gasteiger partial charge in [-0.25, -0.2) is 4.98 Å². The van der Waals surface area contributed by atoms with E-state index >= 15 is 0 Å². The summed E-state index contributed by atoms with van der Waals surface area (Å²) in [5.41, 5.74) is 2.72. The van der Waals surface area contributed by atoms with Crippen LogP contribution in [0.2, 0.25) is 0 Å². The van der Waals surface area contributed by atoms with Crippen molar-refractivity contribution in [1.82, 2.24) is 4.98 Å². The van der Waals surface area contributed by atoms with Crippen molar-refractivity contribution in [3.63, 3.8) is 0 Å². The molecule has 0 amide bonds. The molecule has 0 spiro atoms. The summed E-state index contributed by atoms with van der Waals surface area (Å²) in [4.78, 5) is 4.68. The van der Waals surface area contributed by atoms with Crippen molar-refractivity contribution in [2.45, 2.75) is 53.4 Å². The molecule has 0 bridgehead atoms. The minimum Gasteiger partial charge on any atom is -0.361 e. The predicted octanol–water partition coefficient (Wildman–Crippen LogP) is 5.62. The van der Waals surface area contributed by atoms with E-state index in [1.54, 1.807) is 11.3 Å². The molecule has 0 unspecified atom stereocenters. The summed E-state index contributed by atoms with van der Waals surface area (Å²) >= 11 is 1.75. The zero-order valence-electron chi connectivity index (χ0n) is 13.1. The first kappa shape index (κ1) is 15.3. The Morgan fingerprint density at radius 2 is 2.05 bits per heavy atom. The lowest BCUT2D eigenvalue weighted by Gasteiger charge is -2.24. The van der Waals surface area contributed by atoms with Crippen molar-refractivity contribution < 1.29 is 0 Å². The number of thiazole rings is 1. The van der Waals surface area contributed by atoms with Crippen molar-refractivity contribution >= 4 is 26.7 Å². The quantitative estimate of drug-likeness (QED) is 0.669. The maximum Gasteiger partial charge on any atom is 0.183 e. The number of nitrogens with one attached hydrogen (secondary N) is 1. The summed E-state index contributed by atoms with van der Waals surface area (Å²) in [5.74, 6) is 0. The van der Waals surface area contributed by atoms with Gasteiger partial charge in [-0.3, -0.25) is 0 Å². The Morgan fingerprint density at radius 3 is 2.80 bits per heavy atom. The normalized spacial score (nSPS) is 12.0. The monoisotopic (exact) mass is 290 g/mol. The SMILES string of the molecule is CCCCCC(C)(C)CNc1nc2cc(C)ccc2s1. The molecule has 0 radical (unpaired) electrons. The molecule has 1 N–H and O–H groups in total. The van der Waals surface area contributed by atoms with Crippen LogP contribution in [0.25, 0.3) is 10.2 Å². The van der Waals surface area contributed by atoms with Crippen LogP contribution < -0.4 is 5.32 Å². The fraction of sp³-hybridized carbons (Fsp3) is 0.588. The average Bonchev–Trinajstić information content (AvgIpc) is 2.79. The van der Waals surface area contributed by atoms with E-state index in [-0.39, 0.29) is 0 Å². The molecule has 0 fully saturated rings. The summed E-state index contributed by atoms with van der Waals surface area (Å²) in [5, 5.41) is 4.58. The van der Waals surface area contributed by atoms with Gasteiger partial charge in [0.05, 0.1) is 10.2 Å². The minimum atomic E-state index is 0.336. The Hall–Kier alpha value is -1.09. The average molecular weight is 290 g/mol. The first-order valence-electron chi connectivity index (χ1n) is 7.61. The van der Waals surface area contributed by atoms with Gasteiger partial charge in [0.2, 0.25) is 0 Å². The van der Waals surface area contributed by atoms with E-state index in [2.05, 4.69) is 56.2 Å². The summed E-state index contributed by atoms with van der Waals surface area (Å²) < 4.78 is 1.27. The van der Waals surface area contributed by atoms with Crippen LogP contribution in [0, 0.1) is 12.3 Å². The van der Waals surface area contributed by atoms with Crippen molar-refractivity contribution in [2.24, 2.45) is 5.41 Å². The molecule has 0 aliphatic carbocycles. The fourth-order valence-electron chi connectivity index (χ4n) is 2.37. The van der Waals surface area contributed by atoms with Gasteiger partial charge in [-0.05, 0) is 36.5 Å². The van der Waals surface area contributed by atoms with Crippen LogP contribution in [0.4, 0.5) is 5.13 Å². The molecule has 0 saturated heterocycles. The number of fused-ring (bicyclic) bond motifs is 1. The topological polar surface area (TPSA) is 24.9 Å². The number of rotatable bonds is 7.